The summed E-state index contributed by atoms with van der Waals surface area (Å²) in [6, 6.07) is 1.48. The molecule has 0 aliphatic carbocycles. The molecule has 0 fully saturated rings. The van der Waals surface area contributed by atoms with Crippen molar-refractivity contribution in [3.63, 3.8) is 0 Å². The van der Waals surface area contributed by atoms with E-state index in [4.69, 9.17) is 10.8 Å². The molecule has 1 aromatic rings. The molecule has 0 aliphatic heterocycles. The Morgan fingerprint density at radius 3 is 2.64 bits per heavy atom. The number of hydrogen-bond acceptors (Lipinski definition) is 3. The van der Waals surface area contributed by atoms with Crippen LogP contribution >= 0.6 is 0 Å². The van der Waals surface area contributed by atoms with Crippen molar-refractivity contribution < 1.29 is 9.90 Å². The van der Waals surface area contributed by atoms with E-state index in [1.165, 1.54) is 19.2 Å². The molecule has 0 amide bonds. The first-order valence-corrected chi connectivity index (χ1v) is 4.08. The van der Waals surface area contributed by atoms with Crippen LogP contribution in [0.2, 0.25) is 0 Å². The van der Waals surface area contributed by atoms with E-state index in [0.29, 0.717) is 11.1 Å². The molecule has 0 saturated heterocycles. The fraction of sp³-hybridized carbons (Fsp3) is 0.333. The Hall–Kier alpha value is -1.62. The number of aromatic amines is 1. The van der Waals surface area contributed by atoms with Crippen molar-refractivity contribution in [2.24, 2.45) is 5.73 Å². The molecular weight excluding hydrogens is 184 g/mol. The van der Waals surface area contributed by atoms with Gasteiger partial charge in [0.2, 0.25) is 0 Å². The quantitative estimate of drug-likeness (QED) is 0.617. The Bertz CT molecular complexity index is 420. The van der Waals surface area contributed by atoms with Crippen molar-refractivity contribution in [1.29, 1.82) is 0 Å². The van der Waals surface area contributed by atoms with Crippen LogP contribution in [0.4, 0.5) is 0 Å². The zero-order valence-corrected chi connectivity index (χ0v) is 8.00. The molecule has 0 radical (unpaired) electrons. The minimum absolute atomic E-state index is 0.241. The lowest BCUT2D eigenvalue weighted by molar-refractivity contribution is -0.143. The zero-order chi connectivity index (χ0) is 10.9. The van der Waals surface area contributed by atoms with Gasteiger partial charge in [0.25, 0.3) is 5.56 Å². The zero-order valence-electron chi connectivity index (χ0n) is 8.00. The maximum atomic E-state index is 11.0. The molecule has 1 rings (SSSR count). The van der Waals surface area contributed by atoms with Crippen LogP contribution in [-0.2, 0) is 10.3 Å². The topological polar surface area (TPSA) is 96.2 Å². The molecule has 5 nitrogen and oxygen atoms in total. The number of pyridine rings is 1. The van der Waals surface area contributed by atoms with Crippen molar-refractivity contribution >= 4 is 5.97 Å². The number of carboxylic acid groups (broad SMARTS) is 1. The van der Waals surface area contributed by atoms with E-state index < -0.39 is 11.5 Å². The highest BCUT2D eigenvalue weighted by molar-refractivity contribution is 5.79. The number of carbonyl (C=O) groups is 1. The molecule has 1 heterocycles. The molecule has 0 spiro atoms. The molecule has 0 unspecified atom stereocenters. The normalized spacial score (nSPS) is 14.8. The van der Waals surface area contributed by atoms with Crippen LogP contribution in [0.1, 0.15) is 18.1 Å². The Kier molecular flexibility index (Phi) is 2.44. The summed E-state index contributed by atoms with van der Waals surface area (Å²) < 4.78 is 0. The van der Waals surface area contributed by atoms with Gasteiger partial charge in [-0.2, -0.15) is 0 Å². The van der Waals surface area contributed by atoms with E-state index in [0.717, 1.165) is 0 Å². The molecule has 1 aromatic heterocycles. The monoisotopic (exact) mass is 196 g/mol. The van der Waals surface area contributed by atoms with Gasteiger partial charge in [-0.05, 0) is 25.5 Å². The number of aromatic nitrogens is 1. The second kappa shape index (κ2) is 3.26. The summed E-state index contributed by atoms with van der Waals surface area (Å²) in [6.45, 7) is 2.97. The van der Waals surface area contributed by atoms with Crippen LogP contribution in [0.25, 0.3) is 0 Å². The van der Waals surface area contributed by atoms with Crippen molar-refractivity contribution in [3.8, 4) is 0 Å². The Morgan fingerprint density at radius 1 is 1.64 bits per heavy atom. The fourth-order valence-electron chi connectivity index (χ4n) is 1.02. The summed E-state index contributed by atoms with van der Waals surface area (Å²) in [6.07, 6.45) is 1.32. The lowest BCUT2D eigenvalue weighted by atomic mass is 9.94. The molecule has 14 heavy (non-hydrogen) atoms. The van der Waals surface area contributed by atoms with Gasteiger partial charge in [0, 0.05) is 11.8 Å². The van der Waals surface area contributed by atoms with E-state index in [9.17, 15) is 9.59 Å². The lowest BCUT2D eigenvalue weighted by Gasteiger charge is -2.19. The van der Waals surface area contributed by atoms with Gasteiger partial charge in [-0.3, -0.25) is 4.79 Å². The maximum absolute atomic E-state index is 11.0. The Labute approximate surface area is 80.6 Å². The van der Waals surface area contributed by atoms with Crippen molar-refractivity contribution in [2.75, 3.05) is 0 Å². The third-order valence-corrected chi connectivity index (χ3v) is 2.13. The van der Waals surface area contributed by atoms with Gasteiger partial charge < -0.3 is 15.8 Å². The summed E-state index contributed by atoms with van der Waals surface area (Å²) in [7, 11) is 0. The standard InChI is InChI=1S/C9H12N2O3/c1-5-3-6(4-11-7(5)12)9(2,10)8(13)14/h3-4H,10H2,1-2H3,(H,11,12)(H,13,14)/t9-/m1/s1. The van der Waals surface area contributed by atoms with Crippen molar-refractivity contribution in [2.45, 2.75) is 19.4 Å². The molecular formula is C9H12N2O3. The number of aliphatic carboxylic acids is 1. The molecule has 76 valence electrons. The SMILES string of the molecule is Cc1cc([C@@](C)(N)C(=O)O)c[nH]c1=O. The van der Waals surface area contributed by atoms with E-state index in [2.05, 4.69) is 4.98 Å². The van der Waals surface area contributed by atoms with Crippen LogP contribution < -0.4 is 11.3 Å². The minimum atomic E-state index is -1.48. The van der Waals surface area contributed by atoms with Gasteiger partial charge in [0.05, 0.1) is 0 Å². The van der Waals surface area contributed by atoms with Crippen LogP contribution in [0, 0.1) is 6.92 Å². The van der Waals surface area contributed by atoms with Gasteiger partial charge >= 0.3 is 5.97 Å². The number of carboxylic acids is 1. The first-order chi connectivity index (χ1) is 6.35. The molecule has 0 saturated carbocycles. The van der Waals surface area contributed by atoms with Crippen LogP contribution in [0.3, 0.4) is 0 Å². The molecule has 0 bridgehead atoms. The van der Waals surface area contributed by atoms with Crippen LogP contribution in [0.15, 0.2) is 17.1 Å². The summed E-state index contributed by atoms with van der Waals surface area (Å²) in [5.41, 5.74) is 4.68. The first kappa shape index (κ1) is 10.5. The predicted molar refractivity (Wildman–Crippen MR) is 51.0 cm³/mol. The van der Waals surface area contributed by atoms with E-state index in [1.807, 2.05) is 0 Å². The predicted octanol–water partition coefficient (Wildman–Crippen LogP) is -0.0582. The van der Waals surface area contributed by atoms with Crippen LogP contribution in [-0.4, -0.2) is 16.1 Å². The summed E-state index contributed by atoms with van der Waals surface area (Å²) in [5, 5.41) is 8.84. The number of rotatable bonds is 2. The third kappa shape index (κ3) is 1.67. The Morgan fingerprint density at radius 2 is 2.21 bits per heavy atom. The van der Waals surface area contributed by atoms with Gasteiger partial charge in [0.15, 0.2) is 0 Å². The van der Waals surface area contributed by atoms with Crippen molar-refractivity contribution in [1.82, 2.24) is 4.98 Å². The average Bonchev–Trinajstić information content (AvgIpc) is 2.09. The fourth-order valence-corrected chi connectivity index (χ4v) is 1.02. The number of aryl methyl sites for hydroxylation is 1. The molecule has 1 atom stereocenters. The van der Waals surface area contributed by atoms with Gasteiger partial charge in [0.1, 0.15) is 5.54 Å². The summed E-state index contributed by atoms with van der Waals surface area (Å²) in [5.74, 6) is -1.14. The number of hydrogen-bond donors (Lipinski definition) is 3. The van der Waals surface area contributed by atoms with Gasteiger partial charge in [-0.25, -0.2) is 4.79 Å². The van der Waals surface area contributed by atoms with Gasteiger partial charge in [-0.15, -0.1) is 0 Å². The second-order valence-electron chi connectivity index (χ2n) is 3.41. The van der Waals surface area contributed by atoms with Crippen LogP contribution in [0.5, 0.6) is 0 Å². The highest BCUT2D eigenvalue weighted by Crippen LogP contribution is 2.16. The minimum Gasteiger partial charge on any atom is -0.480 e. The number of H-pyrrole nitrogens is 1. The summed E-state index contributed by atoms with van der Waals surface area (Å²) in [4.78, 5) is 24.3. The maximum Gasteiger partial charge on any atom is 0.328 e. The molecule has 5 heteroatoms. The number of nitrogens with one attached hydrogen (secondary N) is 1. The van der Waals surface area contributed by atoms with E-state index >= 15 is 0 Å². The highest BCUT2D eigenvalue weighted by Gasteiger charge is 2.30. The number of nitrogens with two attached hydrogens (primary N) is 1. The summed E-state index contributed by atoms with van der Waals surface area (Å²) >= 11 is 0. The molecule has 4 N–H and O–H groups in total. The largest absolute Gasteiger partial charge is 0.480 e. The molecule has 0 aliphatic rings. The second-order valence-corrected chi connectivity index (χ2v) is 3.41. The van der Waals surface area contributed by atoms with E-state index in [1.54, 1.807) is 6.92 Å². The Balaban J connectivity index is 3.27. The third-order valence-electron chi connectivity index (χ3n) is 2.13. The van der Waals surface area contributed by atoms with Crippen molar-refractivity contribution in [3.05, 3.63) is 33.7 Å². The van der Waals surface area contributed by atoms with E-state index in [-0.39, 0.29) is 5.56 Å². The average molecular weight is 196 g/mol. The smallest absolute Gasteiger partial charge is 0.328 e. The lowest BCUT2D eigenvalue weighted by Crippen LogP contribution is -2.42. The first-order valence-electron chi connectivity index (χ1n) is 4.08. The molecule has 0 aromatic carbocycles. The highest BCUT2D eigenvalue weighted by atomic mass is 16.4. The van der Waals surface area contributed by atoms with Gasteiger partial charge in [-0.1, -0.05) is 0 Å².